The second-order valence-corrected chi connectivity index (χ2v) is 7.27. The zero-order valence-electron chi connectivity index (χ0n) is 15.7. The molecule has 3 heterocycles. The molecule has 9 heteroatoms. The third-order valence-electron chi connectivity index (χ3n) is 4.94. The number of pyridine rings is 1. The highest BCUT2D eigenvalue weighted by atomic mass is 35.5. The molecule has 0 radical (unpaired) electrons. The van der Waals surface area contributed by atoms with E-state index in [1.165, 1.54) is 16.7 Å². The van der Waals surface area contributed by atoms with Crippen molar-refractivity contribution in [1.82, 2.24) is 19.6 Å². The minimum absolute atomic E-state index is 0.120. The quantitative estimate of drug-likeness (QED) is 0.664. The van der Waals surface area contributed by atoms with E-state index in [2.05, 4.69) is 10.3 Å². The van der Waals surface area contributed by atoms with Gasteiger partial charge in [0.15, 0.2) is 0 Å². The summed E-state index contributed by atoms with van der Waals surface area (Å²) in [5.41, 5.74) is -0.262. The number of hydrogen-bond acceptors (Lipinski definition) is 5. The molecule has 4 rings (SSSR count). The lowest BCUT2D eigenvalue weighted by Crippen LogP contribution is -2.40. The summed E-state index contributed by atoms with van der Waals surface area (Å²) in [7, 11) is 1.55. The summed E-state index contributed by atoms with van der Waals surface area (Å²) in [5.74, 6) is 0.220. The smallest absolute Gasteiger partial charge is 0.325 e. The van der Waals surface area contributed by atoms with E-state index in [1.54, 1.807) is 50.4 Å². The number of methoxy groups -OCH3 is 1. The molecule has 1 aliphatic heterocycles. The van der Waals surface area contributed by atoms with Crippen molar-refractivity contribution in [2.24, 2.45) is 0 Å². The van der Waals surface area contributed by atoms with Crippen LogP contribution in [0.4, 0.5) is 4.79 Å². The van der Waals surface area contributed by atoms with Crippen LogP contribution in [-0.2, 0) is 16.9 Å². The van der Waals surface area contributed by atoms with Gasteiger partial charge in [-0.05, 0) is 36.8 Å². The molecule has 3 amide bonds. The lowest BCUT2D eigenvalue weighted by Gasteiger charge is -2.22. The lowest BCUT2D eigenvalue weighted by molar-refractivity contribution is -0.131. The molecule has 148 valence electrons. The summed E-state index contributed by atoms with van der Waals surface area (Å²) in [6.07, 6.45) is 1.46. The summed E-state index contributed by atoms with van der Waals surface area (Å²) in [6, 6.07) is 10.8. The first kappa shape index (κ1) is 18.9. The van der Waals surface area contributed by atoms with Crippen molar-refractivity contribution in [2.75, 3.05) is 7.11 Å². The van der Waals surface area contributed by atoms with Crippen molar-refractivity contribution < 1.29 is 14.3 Å². The van der Waals surface area contributed by atoms with Crippen LogP contribution in [0.15, 0.2) is 53.5 Å². The second kappa shape index (κ2) is 6.89. The van der Waals surface area contributed by atoms with Gasteiger partial charge in [0, 0.05) is 12.3 Å². The average Bonchev–Trinajstić information content (AvgIpc) is 2.92. The van der Waals surface area contributed by atoms with Gasteiger partial charge in [-0.3, -0.25) is 18.9 Å². The topological polar surface area (TPSA) is 93.0 Å². The Hall–Kier alpha value is -3.39. The maximum Gasteiger partial charge on any atom is 0.325 e. The third-order valence-corrected chi connectivity index (χ3v) is 5.16. The van der Waals surface area contributed by atoms with Crippen molar-refractivity contribution in [2.45, 2.75) is 19.0 Å². The number of nitrogens with one attached hydrogen (secondary N) is 1. The molecular formula is C20H17ClN4O4. The zero-order valence-corrected chi connectivity index (χ0v) is 16.4. The van der Waals surface area contributed by atoms with E-state index >= 15 is 0 Å². The Morgan fingerprint density at radius 1 is 1.14 bits per heavy atom. The molecule has 1 fully saturated rings. The molecule has 0 bridgehead atoms. The first-order valence-corrected chi connectivity index (χ1v) is 9.16. The zero-order chi connectivity index (χ0) is 20.8. The maximum absolute atomic E-state index is 13.1. The van der Waals surface area contributed by atoms with Crippen LogP contribution in [0.3, 0.4) is 0 Å². The normalized spacial score (nSPS) is 18.9. The highest BCUT2D eigenvalue weighted by molar-refractivity contribution is 6.30. The van der Waals surface area contributed by atoms with Crippen molar-refractivity contribution in [1.29, 1.82) is 0 Å². The van der Waals surface area contributed by atoms with Crippen LogP contribution in [0.5, 0.6) is 5.75 Å². The van der Waals surface area contributed by atoms with Gasteiger partial charge in [-0.1, -0.05) is 23.7 Å². The molecule has 2 aromatic heterocycles. The van der Waals surface area contributed by atoms with Crippen LogP contribution in [0, 0.1) is 0 Å². The van der Waals surface area contributed by atoms with E-state index in [9.17, 15) is 14.4 Å². The van der Waals surface area contributed by atoms with E-state index in [-0.39, 0.29) is 12.1 Å². The summed E-state index contributed by atoms with van der Waals surface area (Å²) < 4.78 is 6.44. The Kier molecular flexibility index (Phi) is 4.50. The van der Waals surface area contributed by atoms with Crippen LogP contribution in [0.1, 0.15) is 18.2 Å². The van der Waals surface area contributed by atoms with Gasteiger partial charge in [0.25, 0.3) is 11.5 Å². The standard InChI is InChI=1S/C20H17ClN4O4/c1-20(12-3-6-15(29-2)7-4-12)18(27)25(19(28)23-20)11-14-9-17(26)24-10-13(21)5-8-16(24)22-14/h3-10H,11H2,1-2H3,(H,23,28). The molecule has 1 N–H and O–H groups in total. The van der Waals surface area contributed by atoms with Crippen molar-refractivity contribution in [3.8, 4) is 5.75 Å². The van der Waals surface area contributed by atoms with Gasteiger partial charge < -0.3 is 10.1 Å². The molecule has 1 aromatic carbocycles. The monoisotopic (exact) mass is 412 g/mol. The predicted molar refractivity (Wildman–Crippen MR) is 106 cm³/mol. The number of fused-ring (bicyclic) bond motifs is 1. The van der Waals surface area contributed by atoms with Crippen molar-refractivity contribution >= 4 is 29.2 Å². The van der Waals surface area contributed by atoms with E-state index < -0.39 is 17.5 Å². The minimum Gasteiger partial charge on any atom is -0.497 e. The number of aromatic nitrogens is 2. The SMILES string of the molecule is COc1ccc(C2(C)NC(=O)N(Cc3cc(=O)n4cc(Cl)ccc4n3)C2=O)cc1. The lowest BCUT2D eigenvalue weighted by atomic mass is 9.92. The molecule has 8 nitrogen and oxygen atoms in total. The van der Waals surface area contributed by atoms with Gasteiger partial charge in [0.1, 0.15) is 16.9 Å². The van der Waals surface area contributed by atoms with Crippen molar-refractivity contribution in [3.05, 3.63) is 75.3 Å². The van der Waals surface area contributed by atoms with Gasteiger partial charge in [0.05, 0.1) is 24.4 Å². The molecule has 1 unspecified atom stereocenters. The Bertz CT molecular complexity index is 1190. The fourth-order valence-corrected chi connectivity index (χ4v) is 3.49. The Morgan fingerprint density at radius 2 is 1.86 bits per heavy atom. The molecule has 0 saturated carbocycles. The number of carbonyl (C=O) groups is 2. The fraction of sp³-hybridized carbons (Fsp3) is 0.200. The van der Waals surface area contributed by atoms with E-state index in [4.69, 9.17) is 16.3 Å². The first-order chi connectivity index (χ1) is 13.8. The predicted octanol–water partition coefficient (Wildman–Crippen LogP) is 2.32. The molecule has 1 saturated heterocycles. The van der Waals surface area contributed by atoms with Crippen LogP contribution < -0.4 is 15.6 Å². The summed E-state index contributed by atoms with van der Waals surface area (Å²) in [5, 5.41) is 3.13. The highest BCUT2D eigenvalue weighted by Crippen LogP contribution is 2.30. The molecule has 3 aromatic rings. The number of halogens is 1. The summed E-state index contributed by atoms with van der Waals surface area (Å²) in [6.45, 7) is 1.52. The fourth-order valence-electron chi connectivity index (χ4n) is 3.33. The molecule has 29 heavy (non-hydrogen) atoms. The van der Waals surface area contributed by atoms with Crippen molar-refractivity contribution in [3.63, 3.8) is 0 Å². The molecule has 0 aliphatic carbocycles. The number of urea groups is 1. The number of rotatable bonds is 4. The third kappa shape index (κ3) is 3.21. The number of benzene rings is 1. The number of carbonyl (C=O) groups excluding carboxylic acids is 2. The number of hydrogen-bond donors (Lipinski definition) is 1. The van der Waals surface area contributed by atoms with Gasteiger partial charge in [-0.15, -0.1) is 0 Å². The number of amides is 3. The van der Waals surface area contributed by atoms with Gasteiger partial charge in [-0.25, -0.2) is 9.78 Å². The first-order valence-electron chi connectivity index (χ1n) is 8.78. The maximum atomic E-state index is 13.1. The van der Waals surface area contributed by atoms with Gasteiger partial charge >= 0.3 is 6.03 Å². The molecule has 1 atom stereocenters. The number of imide groups is 1. The van der Waals surface area contributed by atoms with Crippen LogP contribution in [0.2, 0.25) is 5.02 Å². The van der Waals surface area contributed by atoms with E-state index in [0.717, 1.165) is 4.90 Å². The second-order valence-electron chi connectivity index (χ2n) is 6.84. The molecule has 1 aliphatic rings. The summed E-state index contributed by atoms with van der Waals surface area (Å²) >= 11 is 5.91. The van der Waals surface area contributed by atoms with Crippen LogP contribution >= 0.6 is 11.6 Å². The molecular weight excluding hydrogens is 396 g/mol. The van der Waals surface area contributed by atoms with Gasteiger partial charge in [-0.2, -0.15) is 0 Å². The highest BCUT2D eigenvalue weighted by Gasteiger charge is 2.49. The largest absolute Gasteiger partial charge is 0.497 e. The Balaban J connectivity index is 1.65. The number of ether oxygens (including phenoxy) is 1. The Morgan fingerprint density at radius 3 is 2.55 bits per heavy atom. The average molecular weight is 413 g/mol. The van der Waals surface area contributed by atoms with E-state index in [0.29, 0.717) is 27.7 Å². The van der Waals surface area contributed by atoms with Gasteiger partial charge in [0.2, 0.25) is 0 Å². The van der Waals surface area contributed by atoms with Crippen LogP contribution in [0.25, 0.3) is 5.65 Å². The van der Waals surface area contributed by atoms with Crippen LogP contribution in [-0.4, -0.2) is 33.3 Å². The minimum atomic E-state index is -1.22. The number of nitrogens with zero attached hydrogens (tertiary/aromatic N) is 3. The molecule has 0 spiro atoms. The summed E-state index contributed by atoms with van der Waals surface area (Å²) in [4.78, 5) is 43.4. The Labute approximate surface area is 170 Å². The van der Waals surface area contributed by atoms with E-state index in [1.807, 2.05) is 0 Å².